The van der Waals surface area contributed by atoms with Crippen LogP contribution in [0.4, 0.5) is 0 Å². The van der Waals surface area contributed by atoms with Crippen LogP contribution in [0.1, 0.15) is 55.8 Å². The van der Waals surface area contributed by atoms with Gasteiger partial charge in [0.1, 0.15) is 0 Å². The van der Waals surface area contributed by atoms with Crippen molar-refractivity contribution < 1.29 is 9.59 Å². The third kappa shape index (κ3) is 7.17. The summed E-state index contributed by atoms with van der Waals surface area (Å²) in [7, 11) is 1.76. The largest absolute Gasteiger partial charge is 0.354 e. The van der Waals surface area contributed by atoms with E-state index >= 15 is 0 Å². The first-order valence-electron chi connectivity index (χ1n) is 11.3. The Morgan fingerprint density at radius 1 is 1.00 bits per heavy atom. The number of rotatable bonds is 10. The highest BCUT2D eigenvalue weighted by Crippen LogP contribution is 2.39. The molecule has 0 spiro atoms. The van der Waals surface area contributed by atoms with Crippen LogP contribution >= 0.6 is 0 Å². The van der Waals surface area contributed by atoms with Gasteiger partial charge in [-0.2, -0.15) is 0 Å². The fraction of sp³-hybridized carbons (Fsp3) is 0.480. The van der Waals surface area contributed by atoms with Crippen LogP contribution in [0.5, 0.6) is 0 Å². The highest BCUT2D eigenvalue weighted by atomic mass is 16.2. The molecule has 0 aliphatic heterocycles. The van der Waals surface area contributed by atoms with Crippen LogP contribution in [-0.4, -0.2) is 36.9 Å². The summed E-state index contributed by atoms with van der Waals surface area (Å²) >= 11 is 0. The second-order valence-corrected chi connectivity index (χ2v) is 8.60. The molecule has 0 radical (unpaired) electrons. The summed E-state index contributed by atoms with van der Waals surface area (Å²) in [6.07, 6.45) is 8.19. The normalized spacial score (nSPS) is 16.3. The first-order valence-corrected chi connectivity index (χ1v) is 11.3. The third-order valence-corrected chi connectivity index (χ3v) is 6.12. The SMILES string of the molecule is CNCC(=O)NCC1(CC(=O)NC(Cc2ccccn2)c2ccccc2)CCCCC1. The van der Waals surface area contributed by atoms with Gasteiger partial charge in [0.25, 0.3) is 0 Å². The quantitative estimate of drug-likeness (QED) is 0.549. The Bertz CT molecular complexity index is 820. The fourth-order valence-corrected chi connectivity index (χ4v) is 4.48. The lowest BCUT2D eigenvalue weighted by atomic mass is 9.71. The van der Waals surface area contributed by atoms with Crippen molar-refractivity contribution in [3.8, 4) is 0 Å². The molecular weight excluding hydrogens is 388 g/mol. The average molecular weight is 423 g/mol. The van der Waals surface area contributed by atoms with E-state index in [1.54, 1.807) is 13.2 Å². The topological polar surface area (TPSA) is 83.1 Å². The highest BCUT2D eigenvalue weighted by Gasteiger charge is 2.35. The van der Waals surface area contributed by atoms with Crippen molar-refractivity contribution in [1.82, 2.24) is 20.9 Å². The zero-order valence-corrected chi connectivity index (χ0v) is 18.4. The summed E-state index contributed by atoms with van der Waals surface area (Å²) in [6, 6.07) is 15.8. The molecule has 2 amide bonds. The lowest BCUT2D eigenvalue weighted by molar-refractivity contribution is -0.126. The van der Waals surface area contributed by atoms with E-state index in [2.05, 4.69) is 20.9 Å². The molecule has 1 atom stereocenters. The lowest BCUT2D eigenvalue weighted by Crippen LogP contribution is -2.44. The Labute approximate surface area is 185 Å². The number of nitrogens with one attached hydrogen (secondary N) is 3. The lowest BCUT2D eigenvalue weighted by Gasteiger charge is -2.37. The van der Waals surface area contributed by atoms with E-state index in [1.807, 2.05) is 48.5 Å². The molecule has 0 saturated heterocycles. The van der Waals surface area contributed by atoms with Crippen molar-refractivity contribution in [2.45, 2.75) is 51.0 Å². The fourth-order valence-electron chi connectivity index (χ4n) is 4.48. The summed E-state index contributed by atoms with van der Waals surface area (Å²) in [5.41, 5.74) is 1.85. The number of hydrogen-bond acceptors (Lipinski definition) is 4. The van der Waals surface area contributed by atoms with E-state index in [1.165, 1.54) is 6.42 Å². The molecule has 1 saturated carbocycles. The summed E-state index contributed by atoms with van der Waals surface area (Å²) in [5, 5.41) is 9.17. The number of likely N-dealkylation sites (N-methyl/N-ethyl adjacent to an activating group) is 1. The minimum Gasteiger partial charge on any atom is -0.354 e. The van der Waals surface area contributed by atoms with Crippen molar-refractivity contribution in [3.05, 3.63) is 66.0 Å². The first-order chi connectivity index (χ1) is 15.1. The molecule has 0 bridgehead atoms. The molecule has 31 heavy (non-hydrogen) atoms. The van der Waals surface area contributed by atoms with Crippen molar-refractivity contribution in [2.75, 3.05) is 20.1 Å². The predicted molar refractivity (Wildman–Crippen MR) is 122 cm³/mol. The predicted octanol–water partition coefficient (Wildman–Crippen LogP) is 3.16. The van der Waals surface area contributed by atoms with Gasteiger partial charge in [0.15, 0.2) is 0 Å². The number of aromatic nitrogens is 1. The first kappa shape index (κ1) is 22.9. The molecular formula is C25H34N4O2. The van der Waals surface area contributed by atoms with Gasteiger partial charge in [-0.1, -0.05) is 55.7 Å². The Kier molecular flexibility index (Phi) is 8.59. The maximum atomic E-state index is 13.2. The van der Waals surface area contributed by atoms with Crippen LogP contribution in [0.3, 0.4) is 0 Å². The minimum atomic E-state index is -0.169. The van der Waals surface area contributed by atoms with Crippen LogP contribution in [0.15, 0.2) is 54.7 Å². The average Bonchev–Trinajstić information content (AvgIpc) is 2.79. The summed E-state index contributed by atoms with van der Waals surface area (Å²) in [5.74, 6) is 0.0136. The highest BCUT2D eigenvalue weighted by molar-refractivity contribution is 5.79. The van der Waals surface area contributed by atoms with E-state index in [4.69, 9.17) is 0 Å². The molecule has 3 N–H and O–H groups in total. The number of amides is 2. The van der Waals surface area contributed by atoms with Gasteiger partial charge in [0, 0.05) is 31.3 Å². The molecule has 1 unspecified atom stereocenters. The maximum absolute atomic E-state index is 13.2. The van der Waals surface area contributed by atoms with Crippen LogP contribution in [0.2, 0.25) is 0 Å². The molecule has 166 valence electrons. The van der Waals surface area contributed by atoms with Gasteiger partial charge in [-0.05, 0) is 43.0 Å². The van der Waals surface area contributed by atoms with Gasteiger partial charge in [0.05, 0.1) is 12.6 Å². The monoisotopic (exact) mass is 422 g/mol. The van der Waals surface area contributed by atoms with Crippen molar-refractivity contribution in [2.24, 2.45) is 5.41 Å². The van der Waals surface area contributed by atoms with Crippen LogP contribution in [0, 0.1) is 5.41 Å². The van der Waals surface area contributed by atoms with Crippen LogP contribution in [0.25, 0.3) is 0 Å². The number of nitrogens with zero attached hydrogens (tertiary/aromatic N) is 1. The number of carbonyl (C=O) groups excluding carboxylic acids is 2. The van der Waals surface area contributed by atoms with E-state index in [9.17, 15) is 9.59 Å². The maximum Gasteiger partial charge on any atom is 0.233 e. The molecule has 1 aromatic carbocycles. The second kappa shape index (κ2) is 11.6. The van der Waals surface area contributed by atoms with Crippen molar-refractivity contribution >= 4 is 11.8 Å². The molecule has 1 heterocycles. The zero-order valence-electron chi connectivity index (χ0n) is 18.4. The number of carbonyl (C=O) groups is 2. The Morgan fingerprint density at radius 3 is 2.42 bits per heavy atom. The van der Waals surface area contributed by atoms with Gasteiger partial charge in [-0.3, -0.25) is 14.6 Å². The summed E-state index contributed by atoms with van der Waals surface area (Å²) < 4.78 is 0. The molecule has 6 heteroatoms. The molecule has 1 aliphatic rings. The second-order valence-electron chi connectivity index (χ2n) is 8.60. The summed E-state index contributed by atoms with van der Waals surface area (Å²) in [4.78, 5) is 29.6. The van der Waals surface area contributed by atoms with Crippen molar-refractivity contribution in [1.29, 1.82) is 0 Å². The smallest absolute Gasteiger partial charge is 0.233 e. The van der Waals surface area contributed by atoms with E-state index < -0.39 is 0 Å². The molecule has 6 nitrogen and oxygen atoms in total. The van der Waals surface area contributed by atoms with E-state index in [0.29, 0.717) is 25.9 Å². The van der Waals surface area contributed by atoms with Gasteiger partial charge in [0.2, 0.25) is 11.8 Å². The Morgan fingerprint density at radius 2 is 1.74 bits per heavy atom. The molecule has 1 fully saturated rings. The van der Waals surface area contributed by atoms with Gasteiger partial charge >= 0.3 is 0 Å². The Balaban J connectivity index is 1.69. The molecule has 3 rings (SSSR count). The molecule has 2 aromatic rings. The van der Waals surface area contributed by atoms with Gasteiger partial charge < -0.3 is 16.0 Å². The van der Waals surface area contributed by atoms with E-state index in [0.717, 1.165) is 36.9 Å². The van der Waals surface area contributed by atoms with Crippen LogP contribution < -0.4 is 16.0 Å². The van der Waals surface area contributed by atoms with Crippen LogP contribution in [-0.2, 0) is 16.0 Å². The number of pyridine rings is 1. The van der Waals surface area contributed by atoms with E-state index in [-0.39, 0.29) is 23.3 Å². The zero-order chi connectivity index (χ0) is 21.9. The van der Waals surface area contributed by atoms with Gasteiger partial charge in [-0.25, -0.2) is 0 Å². The third-order valence-electron chi connectivity index (χ3n) is 6.12. The molecule has 1 aliphatic carbocycles. The van der Waals surface area contributed by atoms with Crippen molar-refractivity contribution in [3.63, 3.8) is 0 Å². The van der Waals surface area contributed by atoms with Gasteiger partial charge in [-0.15, -0.1) is 0 Å². The molecule has 1 aromatic heterocycles. The summed E-state index contributed by atoms with van der Waals surface area (Å²) in [6.45, 7) is 0.847. The Hall–Kier alpha value is -2.73. The number of benzene rings is 1. The standard InChI is InChI=1S/C25H34N4O2/c1-26-18-24(31)28-19-25(13-7-3-8-14-25)17-23(30)29-22(20-10-4-2-5-11-20)16-21-12-6-9-15-27-21/h2,4-6,9-12,15,22,26H,3,7-8,13-14,16-19H2,1H3,(H,28,31)(H,29,30). The number of hydrogen-bond donors (Lipinski definition) is 3. The minimum absolute atomic E-state index is 0.0230.